The number of carbonyl (C=O) groups is 1. The Labute approximate surface area is 149 Å². The van der Waals surface area contributed by atoms with Crippen molar-refractivity contribution >= 4 is 6.29 Å². The predicted molar refractivity (Wildman–Crippen MR) is 98.7 cm³/mol. The quantitative estimate of drug-likeness (QED) is 0.366. The van der Waals surface area contributed by atoms with Gasteiger partial charge < -0.3 is 19.7 Å². The summed E-state index contributed by atoms with van der Waals surface area (Å²) in [5.41, 5.74) is 0. The van der Waals surface area contributed by atoms with Gasteiger partial charge in [-0.15, -0.1) is 0 Å². The summed E-state index contributed by atoms with van der Waals surface area (Å²) in [5.74, 6) is 1.67. The fourth-order valence-electron chi connectivity index (χ4n) is 3.13. The van der Waals surface area contributed by atoms with E-state index in [9.17, 15) is 15.0 Å². The monoisotopic (exact) mass is 344 g/mol. The van der Waals surface area contributed by atoms with Crippen LogP contribution in [0.25, 0.3) is 0 Å². The van der Waals surface area contributed by atoms with E-state index in [0.29, 0.717) is 36.5 Å². The Balaban J connectivity index is 4.26. The maximum absolute atomic E-state index is 10.7. The average Bonchev–Trinajstić information content (AvgIpc) is 2.46. The molecule has 144 valence electrons. The van der Waals surface area contributed by atoms with Gasteiger partial charge in [-0.05, 0) is 63.2 Å². The molecule has 0 aliphatic rings. The summed E-state index contributed by atoms with van der Waals surface area (Å²) < 4.78 is 5.75. The molecule has 4 nitrogen and oxygen atoms in total. The molecule has 2 N–H and O–H groups in total. The number of hydrogen-bond donors (Lipinski definition) is 2. The molecule has 0 aromatic rings. The molecule has 0 rings (SSSR count). The fourth-order valence-corrected chi connectivity index (χ4v) is 3.13. The molecular formula is C20H40O4. The molecule has 0 radical (unpaired) electrons. The highest BCUT2D eigenvalue weighted by molar-refractivity contribution is 5.49. The third kappa shape index (κ3) is 11.2. The van der Waals surface area contributed by atoms with Crippen LogP contribution in [0.3, 0.4) is 0 Å². The first-order chi connectivity index (χ1) is 11.2. The van der Waals surface area contributed by atoms with Gasteiger partial charge in [-0.2, -0.15) is 0 Å². The van der Waals surface area contributed by atoms with Crippen LogP contribution < -0.4 is 0 Å². The number of aldehydes is 1. The van der Waals surface area contributed by atoms with Crippen LogP contribution in [0.5, 0.6) is 0 Å². The van der Waals surface area contributed by atoms with Gasteiger partial charge in [0.25, 0.3) is 0 Å². The third-order valence-corrected chi connectivity index (χ3v) is 5.08. The molecule has 0 fully saturated rings. The van der Waals surface area contributed by atoms with Crippen LogP contribution in [0.2, 0.25) is 0 Å². The molecule has 0 aliphatic heterocycles. The largest absolute Gasteiger partial charge is 0.393 e. The van der Waals surface area contributed by atoms with Gasteiger partial charge in [0.05, 0.1) is 12.2 Å². The summed E-state index contributed by atoms with van der Waals surface area (Å²) in [4.78, 5) is 10.7. The van der Waals surface area contributed by atoms with Crippen molar-refractivity contribution in [2.45, 2.75) is 98.6 Å². The van der Waals surface area contributed by atoms with E-state index in [2.05, 4.69) is 27.7 Å². The highest BCUT2D eigenvalue weighted by Crippen LogP contribution is 2.26. The van der Waals surface area contributed by atoms with Crippen LogP contribution >= 0.6 is 0 Å². The second-order valence-electron chi connectivity index (χ2n) is 8.05. The van der Waals surface area contributed by atoms with Crippen LogP contribution in [-0.4, -0.2) is 35.0 Å². The van der Waals surface area contributed by atoms with Gasteiger partial charge >= 0.3 is 0 Å². The van der Waals surface area contributed by atoms with Gasteiger partial charge in [0.15, 0.2) is 6.29 Å². The van der Waals surface area contributed by atoms with Crippen LogP contribution in [0.15, 0.2) is 0 Å². The zero-order valence-electron chi connectivity index (χ0n) is 16.6. The lowest BCUT2D eigenvalue weighted by Gasteiger charge is -2.27. The molecule has 0 aliphatic carbocycles. The molecule has 0 saturated heterocycles. The second-order valence-corrected chi connectivity index (χ2v) is 8.05. The molecule has 0 bridgehead atoms. The van der Waals surface area contributed by atoms with E-state index in [4.69, 9.17) is 4.74 Å². The molecule has 0 aromatic carbocycles. The molecule has 0 heterocycles. The smallest absolute Gasteiger partial charge is 0.155 e. The number of aliphatic hydroxyl groups is 2. The Hall–Kier alpha value is -0.450. The summed E-state index contributed by atoms with van der Waals surface area (Å²) >= 11 is 0. The minimum absolute atomic E-state index is 0.0162. The maximum atomic E-state index is 10.7. The average molecular weight is 345 g/mol. The van der Waals surface area contributed by atoms with Crippen molar-refractivity contribution in [1.29, 1.82) is 0 Å². The zero-order chi connectivity index (χ0) is 18.7. The molecule has 0 saturated carbocycles. The van der Waals surface area contributed by atoms with Gasteiger partial charge in [-0.3, -0.25) is 0 Å². The third-order valence-electron chi connectivity index (χ3n) is 5.08. The minimum Gasteiger partial charge on any atom is -0.393 e. The first-order valence-electron chi connectivity index (χ1n) is 9.62. The number of aliphatic hydroxyl groups excluding tert-OH is 2. The molecule has 0 amide bonds. The van der Waals surface area contributed by atoms with Crippen molar-refractivity contribution in [2.24, 2.45) is 23.7 Å². The summed E-state index contributed by atoms with van der Waals surface area (Å²) in [7, 11) is 0. The van der Waals surface area contributed by atoms with E-state index in [-0.39, 0.29) is 12.2 Å². The number of carbonyl (C=O) groups excluding carboxylic acids is 1. The summed E-state index contributed by atoms with van der Waals surface area (Å²) in [5, 5.41) is 19.7. The fraction of sp³-hybridized carbons (Fsp3) is 0.950. The number of ether oxygens (including phenoxy) is 1. The molecular weight excluding hydrogens is 304 g/mol. The molecule has 0 aromatic heterocycles. The van der Waals surface area contributed by atoms with Crippen LogP contribution in [0, 0.1) is 23.7 Å². The Morgan fingerprint density at radius 1 is 0.833 bits per heavy atom. The summed E-state index contributed by atoms with van der Waals surface area (Å²) in [6.45, 7) is 12.4. The maximum Gasteiger partial charge on any atom is 0.155 e. The molecule has 5 atom stereocenters. The van der Waals surface area contributed by atoms with Crippen molar-refractivity contribution < 1.29 is 19.7 Å². The van der Waals surface area contributed by atoms with E-state index >= 15 is 0 Å². The second kappa shape index (κ2) is 12.8. The van der Waals surface area contributed by atoms with Crippen molar-refractivity contribution in [3.8, 4) is 0 Å². The molecule has 24 heavy (non-hydrogen) atoms. The van der Waals surface area contributed by atoms with Crippen molar-refractivity contribution in [2.75, 3.05) is 0 Å². The molecule has 3 unspecified atom stereocenters. The first-order valence-corrected chi connectivity index (χ1v) is 9.62. The van der Waals surface area contributed by atoms with Crippen molar-refractivity contribution in [1.82, 2.24) is 0 Å². The first kappa shape index (κ1) is 23.5. The minimum atomic E-state index is -0.759. The zero-order valence-corrected chi connectivity index (χ0v) is 16.6. The summed E-state index contributed by atoms with van der Waals surface area (Å²) in [6.07, 6.45) is 4.59. The van der Waals surface area contributed by atoms with E-state index in [1.54, 1.807) is 6.92 Å². The highest BCUT2D eigenvalue weighted by atomic mass is 16.6. The van der Waals surface area contributed by atoms with Crippen LogP contribution in [0.4, 0.5) is 0 Å². The van der Waals surface area contributed by atoms with Gasteiger partial charge in [-0.1, -0.05) is 27.7 Å². The van der Waals surface area contributed by atoms with Crippen molar-refractivity contribution in [3.05, 3.63) is 0 Å². The van der Waals surface area contributed by atoms with E-state index in [1.807, 2.05) is 6.92 Å². The number of hydrogen-bond acceptors (Lipinski definition) is 4. The Bertz CT molecular complexity index is 315. The van der Waals surface area contributed by atoms with Crippen LogP contribution in [-0.2, 0) is 9.53 Å². The summed E-state index contributed by atoms with van der Waals surface area (Å²) in [6, 6.07) is 0. The lowest BCUT2D eigenvalue weighted by Crippen LogP contribution is -2.25. The van der Waals surface area contributed by atoms with Gasteiger partial charge in [-0.25, -0.2) is 0 Å². The molecule has 0 spiro atoms. The van der Waals surface area contributed by atoms with Gasteiger partial charge in [0.1, 0.15) is 6.29 Å². The van der Waals surface area contributed by atoms with E-state index in [0.717, 1.165) is 32.0 Å². The van der Waals surface area contributed by atoms with E-state index < -0.39 is 6.29 Å². The lowest BCUT2D eigenvalue weighted by atomic mass is 9.87. The van der Waals surface area contributed by atoms with E-state index in [1.165, 1.54) is 0 Å². The van der Waals surface area contributed by atoms with Gasteiger partial charge in [0, 0.05) is 12.8 Å². The standard InChI is InChI=1S/C20H40O4/c1-14(2)18(11-12-21)10-8-17(6)24-20(23)13-19(15(3)4)9-7-16(5)22/h12,14-20,22-23H,7-11,13H2,1-6H3/t16?,17?,18-,19?,20-/m1/s1. The van der Waals surface area contributed by atoms with Crippen molar-refractivity contribution in [3.63, 3.8) is 0 Å². The van der Waals surface area contributed by atoms with Crippen LogP contribution in [0.1, 0.15) is 80.1 Å². The van der Waals surface area contributed by atoms with Gasteiger partial charge in [0.2, 0.25) is 0 Å². The number of rotatable bonds is 14. The highest BCUT2D eigenvalue weighted by Gasteiger charge is 2.21. The predicted octanol–water partition coefficient (Wildman–Crippen LogP) is 4.17. The Morgan fingerprint density at radius 3 is 1.83 bits per heavy atom. The molecule has 4 heteroatoms. The SMILES string of the molecule is CC(O)CCC(C[C@H](O)OC(C)CC[C@H](CC=O)C(C)C)C(C)C. The topological polar surface area (TPSA) is 66.8 Å². The normalized spacial score (nSPS) is 18.4. The Morgan fingerprint density at radius 2 is 1.38 bits per heavy atom. The Kier molecular flexibility index (Phi) is 12.6. The lowest BCUT2D eigenvalue weighted by molar-refractivity contribution is -0.146.